The molecule has 5 heteroatoms. The Hall–Kier alpha value is -1.10. The minimum Gasteiger partial charge on any atom is -0.353 e. The summed E-state index contributed by atoms with van der Waals surface area (Å²) in [6, 6.07) is 0.248. The van der Waals surface area contributed by atoms with Gasteiger partial charge in [-0.05, 0) is 32.2 Å². The molecule has 0 aromatic heterocycles. The van der Waals surface area contributed by atoms with Gasteiger partial charge in [-0.2, -0.15) is 0 Å². The number of carbonyl (C=O) groups is 2. The van der Waals surface area contributed by atoms with E-state index in [1.807, 2.05) is 11.8 Å². The molecule has 0 radical (unpaired) electrons. The molecular weight excluding hydrogens is 242 g/mol. The molecule has 0 spiro atoms. The fourth-order valence-corrected chi connectivity index (χ4v) is 2.51. The number of likely N-dealkylation sites (tertiary alicyclic amines) is 1. The summed E-state index contributed by atoms with van der Waals surface area (Å²) in [6.07, 6.45) is 4.46. The van der Waals surface area contributed by atoms with Crippen LogP contribution < -0.4 is 10.6 Å². The Kier molecular flexibility index (Phi) is 5.19. The Morgan fingerprint density at radius 2 is 1.84 bits per heavy atom. The number of piperidine rings is 1. The summed E-state index contributed by atoms with van der Waals surface area (Å²) in [5, 5.41) is 6.21. The van der Waals surface area contributed by atoms with Crippen molar-refractivity contribution < 1.29 is 9.59 Å². The lowest BCUT2D eigenvalue weighted by molar-refractivity contribution is -0.133. The first kappa shape index (κ1) is 14.3. The topological polar surface area (TPSA) is 61.4 Å². The van der Waals surface area contributed by atoms with E-state index in [0.29, 0.717) is 18.2 Å². The van der Waals surface area contributed by atoms with Gasteiger partial charge < -0.3 is 15.5 Å². The van der Waals surface area contributed by atoms with Gasteiger partial charge in [-0.15, -0.1) is 0 Å². The lowest BCUT2D eigenvalue weighted by Crippen LogP contribution is -2.47. The fourth-order valence-electron chi connectivity index (χ4n) is 2.51. The molecule has 19 heavy (non-hydrogen) atoms. The minimum atomic E-state index is 0.118. The third-order valence-corrected chi connectivity index (χ3v) is 3.88. The van der Waals surface area contributed by atoms with E-state index in [1.165, 1.54) is 0 Å². The molecule has 5 nitrogen and oxygen atoms in total. The zero-order valence-corrected chi connectivity index (χ0v) is 11.8. The van der Waals surface area contributed by atoms with Crippen LogP contribution in [0.2, 0.25) is 0 Å². The second-order valence-electron chi connectivity index (χ2n) is 5.54. The highest BCUT2D eigenvalue weighted by Gasteiger charge is 2.34. The summed E-state index contributed by atoms with van der Waals surface area (Å²) < 4.78 is 0. The van der Waals surface area contributed by atoms with Crippen molar-refractivity contribution in [3.05, 3.63) is 0 Å². The van der Waals surface area contributed by atoms with E-state index in [4.69, 9.17) is 0 Å². The van der Waals surface area contributed by atoms with E-state index in [0.717, 1.165) is 51.9 Å². The van der Waals surface area contributed by atoms with Crippen molar-refractivity contribution in [3.8, 4) is 0 Å². The molecule has 0 bridgehead atoms. The molecule has 1 saturated heterocycles. The smallest absolute Gasteiger partial charge is 0.225 e. The Labute approximate surface area is 115 Å². The maximum Gasteiger partial charge on any atom is 0.225 e. The molecule has 2 N–H and O–H groups in total. The maximum absolute atomic E-state index is 11.9. The van der Waals surface area contributed by atoms with Crippen molar-refractivity contribution in [1.82, 2.24) is 15.5 Å². The molecule has 2 fully saturated rings. The quantitative estimate of drug-likeness (QED) is 0.689. The summed E-state index contributed by atoms with van der Waals surface area (Å²) in [4.78, 5) is 25.6. The minimum absolute atomic E-state index is 0.118. The van der Waals surface area contributed by atoms with Gasteiger partial charge >= 0.3 is 0 Å². The number of hydrogen-bond acceptors (Lipinski definition) is 3. The summed E-state index contributed by atoms with van der Waals surface area (Å²) in [7, 11) is 0. The predicted octanol–water partition coefficient (Wildman–Crippen LogP) is 0.503. The molecule has 0 aromatic rings. The van der Waals surface area contributed by atoms with Crippen molar-refractivity contribution in [1.29, 1.82) is 0 Å². The highest BCUT2D eigenvalue weighted by molar-refractivity contribution is 5.81. The zero-order chi connectivity index (χ0) is 13.7. The SMILES string of the molecule is CCNCCC(=O)NC1CCN(C(=O)C2CC2)CC1. The lowest BCUT2D eigenvalue weighted by atomic mass is 10.0. The zero-order valence-electron chi connectivity index (χ0n) is 11.8. The van der Waals surface area contributed by atoms with Crippen LogP contribution in [0.3, 0.4) is 0 Å². The monoisotopic (exact) mass is 267 g/mol. The molecule has 1 aliphatic carbocycles. The highest BCUT2D eigenvalue weighted by Crippen LogP contribution is 2.31. The second kappa shape index (κ2) is 6.89. The van der Waals surface area contributed by atoms with Gasteiger partial charge in [0, 0.05) is 38.0 Å². The fraction of sp³-hybridized carbons (Fsp3) is 0.857. The van der Waals surface area contributed by atoms with Gasteiger partial charge in [-0.3, -0.25) is 9.59 Å². The maximum atomic E-state index is 11.9. The van der Waals surface area contributed by atoms with Crippen LogP contribution in [0.1, 0.15) is 39.0 Å². The molecule has 2 amide bonds. The van der Waals surface area contributed by atoms with Crippen molar-refractivity contribution in [2.45, 2.75) is 45.1 Å². The van der Waals surface area contributed by atoms with Gasteiger partial charge in [0.15, 0.2) is 0 Å². The van der Waals surface area contributed by atoms with Crippen molar-refractivity contribution in [2.75, 3.05) is 26.2 Å². The average molecular weight is 267 g/mol. The van der Waals surface area contributed by atoms with Crippen LogP contribution in [0, 0.1) is 5.92 Å². The van der Waals surface area contributed by atoms with Gasteiger partial charge in [0.1, 0.15) is 0 Å². The molecule has 2 aliphatic rings. The normalized spacial score (nSPS) is 20.4. The number of carbonyl (C=O) groups excluding carboxylic acids is 2. The van der Waals surface area contributed by atoms with Crippen molar-refractivity contribution in [2.24, 2.45) is 5.92 Å². The Bertz CT molecular complexity index is 321. The third kappa shape index (κ3) is 4.49. The van der Waals surface area contributed by atoms with Gasteiger partial charge in [-0.1, -0.05) is 6.92 Å². The summed E-state index contributed by atoms with van der Waals surface area (Å²) in [6.45, 7) is 5.27. The molecule has 1 saturated carbocycles. The van der Waals surface area contributed by atoms with Crippen LogP contribution in [0.15, 0.2) is 0 Å². The molecule has 0 unspecified atom stereocenters. The largest absolute Gasteiger partial charge is 0.353 e. The summed E-state index contributed by atoms with van der Waals surface area (Å²) in [5.41, 5.74) is 0. The number of nitrogens with zero attached hydrogens (tertiary/aromatic N) is 1. The average Bonchev–Trinajstić information content (AvgIpc) is 3.23. The van der Waals surface area contributed by atoms with Crippen molar-refractivity contribution in [3.63, 3.8) is 0 Å². The lowest BCUT2D eigenvalue weighted by Gasteiger charge is -2.32. The van der Waals surface area contributed by atoms with Gasteiger partial charge in [-0.25, -0.2) is 0 Å². The van der Waals surface area contributed by atoms with Crippen LogP contribution >= 0.6 is 0 Å². The van der Waals surface area contributed by atoms with E-state index in [1.54, 1.807) is 0 Å². The van der Waals surface area contributed by atoms with Crippen LogP contribution in [0.25, 0.3) is 0 Å². The van der Waals surface area contributed by atoms with E-state index >= 15 is 0 Å². The predicted molar refractivity (Wildman–Crippen MR) is 73.6 cm³/mol. The molecule has 108 valence electrons. The van der Waals surface area contributed by atoms with Gasteiger partial charge in [0.05, 0.1) is 0 Å². The van der Waals surface area contributed by atoms with E-state index < -0.39 is 0 Å². The van der Waals surface area contributed by atoms with E-state index in [-0.39, 0.29) is 11.9 Å². The number of nitrogens with one attached hydrogen (secondary N) is 2. The molecule has 0 atom stereocenters. The first-order valence-electron chi connectivity index (χ1n) is 7.49. The van der Waals surface area contributed by atoms with Crippen molar-refractivity contribution >= 4 is 11.8 Å². The number of amides is 2. The third-order valence-electron chi connectivity index (χ3n) is 3.88. The Morgan fingerprint density at radius 3 is 2.42 bits per heavy atom. The first-order valence-corrected chi connectivity index (χ1v) is 7.49. The Balaban J connectivity index is 1.62. The standard InChI is InChI=1S/C14H25N3O2/c1-2-15-8-5-13(18)16-12-6-9-17(10-7-12)14(19)11-3-4-11/h11-12,15H,2-10H2,1H3,(H,16,18). The second-order valence-corrected chi connectivity index (χ2v) is 5.54. The molecule has 0 aromatic carbocycles. The van der Waals surface area contributed by atoms with Gasteiger partial charge in [0.25, 0.3) is 0 Å². The molecule has 2 rings (SSSR count). The van der Waals surface area contributed by atoms with Crippen LogP contribution in [0.4, 0.5) is 0 Å². The summed E-state index contributed by atoms with van der Waals surface area (Å²) in [5.74, 6) is 0.760. The Morgan fingerprint density at radius 1 is 1.16 bits per heavy atom. The molecule has 1 heterocycles. The van der Waals surface area contributed by atoms with Crippen LogP contribution in [0.5, 0.6) is 0 Å². The van der Waals surface area contributed by atoms with Gasteiger partial charge in [0.2, 0.25) is 11.8 Å². The van der Waals surface area contributed by atoms with Crippen LogP contribution in [-0.4, -0.2) is 48.9 Å². The summed E-state index contributed by atoms with van der Waals surface area (Å²) >= 11 is 0. The number of hydrogen-bond donors (Lipinski definition) is 2. The molecule has 1 aliphatic heterocycles. The number of rotatable bonds is 6. The van der Waals surface area contributed by atoms with E-state index in [2.05, 4.69) is 10.6 Å². The highest BCUT2D eigenvalue weighted by atomic mass is 16.2. The first-order chi connectivity index (χ1) is 9.20. The molecular formula is C14H25N3O2. The van der Waals surface area contributed by atoms with E-state index in [9.17, 15) is 9.59 Å². The van der Waals surface area contributed by atoms with Crippen LogP contribution in [-0.2, 0) is 9.59 Å².